The van der Waals surface area contributed by atoms with Gasteiger partial charge in [-0.05, 0) is 23.0 Å². The minimum atomic E-state index is 0.365. The van der Waals surface area contributed by atoms with E-state index >= 15 is 0 Å². The minimum Gasteiger partial charge on any atom is -0.475 e. The summed E-state index contributed by atoms with van der Waals surface area (Å²) in [6.07, 6.45) is 1.76. The highest BCUT2D eigenvalue weighted by Crippen LogP contribution is 2.26. The van der Waals surface area contributed by atoms with Gasteiger partial charge < -0.3 is 10.1 Å². The van der Waals surface area contributed by atoms with Crippen LogP contribution >= 0.6 is 15.9 Å². The van der Waals surface area contributed by atoms with Crippen molar-refractivity contribution in [1.29, 1.82) is 0 Å². The summed E-state index contributed by atoms with van der Waals surface area (Å²) >= 11 is 3.37. The number of fused-ring (bicyclic) bond motifs is 1. The summed E-state index contributed by atoms with van der Waals surface area (Å²) in [5.41, 5.74) is 0. The zero-order valence-corrected chi connectivity index (χ0v) is 8.34. The van der Waals surface area contributed by atoms with E-state index in [1.807, 2.05) is 11.7 Å². The lowest BCUT2D eigenvalue weighted by molar-refractivity contribution is 0.188. The van der Waals surface area contributed by atoms with E-state index in [1.54, 1.807) is 6.20 Å². The van der Waals surface area contributed by atoms with Crippen molar-refractivity contribution in [2.75, 3.05) is 13.7 Å². The summed E-state index contributed by atoms with van der Waals surface area (Å²) in [5.74, 6) is 0.835. The normalized spacial score (nSPS) is 21.7. The summed E-state index contributed by atoms with van der Waals surface area (Å²) in [6, 6.07) is 0.365. The molecule has 0 aromatic carbocycles. The van der Waals surface area contributed by atoms with Crippen LogP contribution in [0.5, 0.6) is 5.88 Å². The van der Waals surface area contributed by atoms with Crippen molar-refractivity contribution in [3.05, 3.63) is 10.7 Å². The van der Waals surface area contributed by atoms with Crippen molar-refractivity contribution in [2.24, 2.45) is 0 Å². The smallest absolute Gasteiger partial charge is 0.226 e. The molecular formula is C7H10BrN3O. The Bertz CT molecular complexity index is 286. The summed E-state index contributed by atoms with van der Waals surface area (Å²) in [7, 11) is 1.93. The molecule has 0 radical (unpaired) electrons. The summed E-state index contributed by atoms with van der Waals surface area (Å²) in [6.45, 7) is 1.58. The molecule has 0 saturated carbocycles. The highest BCUT2D eigenvalue weighted by Gasteiger charge is 2.20. The molecule has 0 bridgehead atoms. The number of aromatic nitrogens is 2. The van der Waals surface area contributed by atoms with Crippen LogP contribution in [-0.2, 0) is 6.54 Å². The molecule has 12 heavy (non-hydrogen) atoms. The fourth-order valence-corrected chi connectivity index (χ4v) is 1.65. The first kappa shape index (κ1) is 8.07. The average molecular weight is 232 g/mol. The second-order valence-corrected chi connectivity index (χ2v) is 3.63. The van der Waals surface area contributed by atoms with Crippen LogP contribution < -0.4 is 10.1 Å². The number of hydrogen-bond acceptors (Lipinski definition) is 3. The Labute approximate surface area is 79.0 Å². The highest BCUT2D eigenvalue weighted by atomic mass is 79.9. The number of nitrogens with one attached hydrogen (secondary N) is 1. The number of nitrogens with zero attached hydrogens (tertiary/aromatic N) is 2. The molecule has 0 fully saturated rings. The Balaban J connectivity index is 2.24. The van der Waals surface area contributed by atoms with Crippen molar-refractivity contribution >= 4 is 15.9 Å². The van der Waals surface area contributed by atoms with Gasteiger partial charge in [-0.15, -0.1) is 0 Å². The quantitative estimate of drug-likeness (QED) is 0.771. The van der Waals surface area contributed by atoms with E-state index in [9.17, 15) is 0 Å². The van der Waals surface area contributed by atoms with E-state index in [0.717, 1.165) is 16.9 Å². The lowest BCUT2D eigenvalue weighted by Crippen LogP contribution is -2.39. The number of halogens is 1. The second kappa shape index (κ2) is 3.06. The van der Waals surface area contributed by atoms with Gasteiger partial charge in [-0.3, -0.25) is 0 Å². The molecule has 0 amide bonds. The summed E-state index contributed by atoms with van der Waals surface area (Å²) in [4.78, 5) is 0. The maximum Gasteiger partial charge on any atom is 0.226 e. The van der Waals surface area contributed by atoms with Crippen molar-refractivity contribution in [2.45, 2.75) is 12.6 Å². The molecule has 5 heteroatoms. The Morgan fingerprint density at radius 1 is 1.83 bits per heavy atom. The first-order chi connectivity index (χ1) is 5.81. The molecule has 1 aromatic rings. The molecule has 2 heterocycles. The molecule has 0 saturated heterocycles. The zero-order valence-electron chi connectivity index (χ0n) is 6.75. The number of ether oxygens (including phenoxy) is 1. The van der Waals surface area contributed by atoms with Gasteiger partial charge in [-0.25, -0.2) is 4.68 Å². The molecule has 66 valence electrons. The predicted molar refractivity (Wildman–Crippen MR) is 48.3 cm³/mol. The van der Waals surface area contributed by atoms with Gasteiger partial charge in [0, 0.05) is 0 Å². The monoisotopic (exact) mass is 231 g/mol. The van der Waals surface area contributed by atoms with Crippen LogP contribution in [0.1, 0.15) is 0 Å². The molecule has 1 N–H and O–H groups in total. The number of likely N-dealkylation sites (N-methyl/N-ethyl adjacent to an activating group) is 1. The maximum absolute atomic E-state index is 5.49. The molecular weight excluding hydrogens is 222 g/mol. The van der Waals surface area contributed by atoms with Gasteiger partial charge in [0.05, 0.1) is 23.3 Å². The fraction of sp³-hybridized carbons (Fsp3) is 0.571. The molecule has 1 aliphatic heterocycles. The third-order valence-corrected chi connectivity index (χ3v) is 2.52. The third kappa shape index (κ3) is 1.23. The Morgan fingerprint density at radius 3 is 3.42 bits per heavy atom. The lowest BCUT2D eigenvalue weighted by atomic mass is 10.3. The van der Waals surface area contributed by atoms with E-state index in [4.69, 9.17) is 4.74 Å². The van der Waals surface area contributed by atoms with E-state index < -0.39 is 0 Å². The summed E-state index contributed by atoms with van der Waals surface area (Å²) < 4.78 is 8.27. The largest absolute Gasteiger partial charge is 0.475 e. The fourth-order valence-electron chi connectivity index (χ4n) is 1.24. The highest BCUT2D eigenvalue weighted by molar-refractivity contribution is 9.10. The van der Waals surface area contributed by atoms with Gasteiger partial charge in [0.2, 0.25) is 5.88 Å². The van der Waals surface area contributed by atoms with E-state index in [0.29, 0.717) is 12.6 Å². The maximum atomic E-state index is 5.49. The third-order valence-electron chi connectivity index (χ3n) is 1.97. The van der Waals surface area contributed by atoms with Gasteiger partial charge in [-0.1, -0.05) is 0 Å². The standard InChI is InChI=1S/C7H10BrN3O/c1-9-5-3-11-7(12-4-5)6(8)2-10-11/h2,5,9H,3-4H2,1H3/t5-/m0/s1. The van der Waals surface area contributed by atoms with E-state index in [1.165, 1.54) is 0 Å². The van der Waals surface area contributed by atoms with Gasteiger partial charge in [0.1, 0.15) is 6.61 Å². The molecule has 4 nitrogen and oxygen atoms in total. The number of rotatable bonds is 1. The van der Waals surface area contributed by atoms with Crippen LogP contribution in [0.3, 0.4) is 0 Å². The SMILES string of the molecule is CN[C@@H]1COc2c(Br)cnn2C1. The van der Waals surface area contributed by atoms with Gasteiger partial charge >= 0.3 is 0 Å². The summed E-state index contributed by atoms with van der Waals surface area (Å²) in [5, 5.41) is 7.31. The van der Waals surface area contributed by atoms with Crippen LogP contribution in [0.25, 0.3) is 0 Å². The van der Waals surface area contributed by atoms with Crippen LogP contribution in [0.4, 0.5) is 0 Å². The van der Waals surface area contributed by atoms with Crippen molar-refractivity contribution < 1.29 is 4.74 Å². The predicted octanol–water partition coefficient (Wildman–Crippen LogP) is 0.626. The van der Waals surface area contributed by atoms with Crippen molar-refractivity contribution in [3.63, 3.8) is 0 Å². The zero-order chi connectivity index (χ0) is 8.55. The van der Waals surface area contributed by atoms with Gasteiger partial charge in [0.25, 0.3) is 0 Å². The Kier molecular flexibility index (Phi) is 2.06. The first-order valence-corrected chi connectivity index (χ1v) is 4.62. The molecule has 2 rings (SSSR count). The van der Waals surface area contributed by atoms with Gasteiger partial charge in [-0.2, -0.15) is 5.10 Å². The van der Waals surface area contributed by atoms with Crippen LogP contribution in [0.2, 0.25) is 0 Å². The minimum absolute atomic E-state index is 0.365. The van der Waals surface area contributed by atoms with Crippen LogP contribution in [0, 0.1) is 0 Å². The molecule has 1 atom stereocenters. The van der Waals surface area contributed by atoms with Crippen molar-refractivity contribution in [3.8, 4) is 5.88 Å². The molecule has 0 spiro atoms. The van der Waals surface area contributed by atoms with Crippen molar-refractivity contribution in [1.82, 2.24) is 15.1 Å². The second-order valence-electron chi connectivity index (χ2n) is 2.78. The first-order valence-electron chi connectivity index (χ1n) is 3.82. The lowest BCUT2D eigenvalue weighted by Gasteiger charge is -2.23. The Morgan fingerprint density at radius 2 is 2.67 bits per heavy atom. The average Bonchev–Trinajstić information content (AvgIpc) is 2.47. The van der Waals surface area contributed by atoms with Crippen LogP contribution in [0.15, 0.2) is 10.7 Å². The van der Waals surface area contributed by atoms with Gasteiger partial charge in [0.15, 0.2) is 0 Å². The topological polar surface area (TPSA) is 39.1 Å². The van der Waals surface area contributed by atoms with Crippen LogP contribution in [-0.4, -0.2) is 29.5 Å². The Hall–Kier alpha value is -0.550. The van der Waals surface area contributed by atoms with E-state index in [-0.39, 0.29) is 0 Å². The molecule has 0 unspecified atom stereocenters. The van der Waals surface area contributed by atoms with E-state index in [2.05, 4.69) is 26.3 Å². The molecule has 1 aromatic heterocycles. The molecule has 1 aliphatic rings. The molecule has 0 aliphatic carbocycles. The number of hydrogen-bond donors (Lipinski definition) is 1.